The first-order chi connectivity index (χ1) is 17.3. The lowest BCUT2D eigenvalue weighted by Gasteiger charge is -2.35. The number of nitrogens with one attached hydrogen (secondary N) is 1. The van der Waals surface area contributed by atoms with E-state index in [0.717, 1.165) is 0 Å². The van der Waals surface area contributed by atoms with Gasteiger partial charge in [0, 0.05) is 37.4 Å². The molecular formula is C25H29ClFN5O4. The van der Waals surface area contributed by atoms with Crippen molar-refractivity contribution in [1.82, 2.24) is 19.8 Å². The fourth-order valence-electron chi connectivity index (χ4n) is 4.19. The summed E-state index contributed by atoms with van der Waals surface area (Å²) in [5.41, 5.74) is 0.788. The topological polar surface area (TPSA) is 100 Å². The molecule has 0 aliphatic carbocycles. The molecule has 2 heterocycles. The van der Waals surface area contributed by atoms with Crippen molar-refractivity contribution in [3.63, 3.8) is 0 Å². The van der Waals surface area contributed by atoms with E-state index in [1.54, 1.807) is 55.3 Å². The van der Waals surface area contributed by atoms with Gasteiger partial charge in [-0.3, -0.25) is 9.69 Å². The number of ether oxygens (including phenoxy) is 2. The molecule has 9 nitrogen and oxygen atoms in total. The number of nitrogens with zero attached hydrogens (tertiary/aromatic N) is 4. The monoisotopic (exact) mass is 517 g/mol. The maximum absolute atomic E-state index is 14.4. The molecule has 192 valence electrons. The molecule has 1 amide bonds. The van der Waals surface area contributed by atoms with Gasteiger partial charge in [0.1, 0.15) is 24.3 Å². The van der Waals surface area contributed by atoms with Crippen molar-refractivity contribution in [1.29, 1.82) is 0 Å². The Bertz CT molecular complexity index is 1240. The normalized spacial score (nSPS) is 15.2. The number of likely N-dealkylation sites (tertiary alicyclic amines) is 1. The number of anilines is 2. The van der Waals surface area contributed by atoms with Crippen LogP contribution in [0.5, 0.6) is 11.5 Å². The Morgan fingerprint density at radius 1 is 1.28 bits per heavy atom. The van der Waals surface area contributed by atoms with Crippen molar-refractivity contribution >= 4 is 39.9 Å². The Morgan fingerprint density at radius 3 is 2.69 bits per heavy atom. The number of aliphatic hydroxyl groups excluding tert-OH is 1. The smallest absolute Gasteiger partial charge is 0.242 e. The summed E-state index contributed by atoms with van der Waals surface area (Å²) < 4.78 is 26.3. The number of piperidine rings is 1. The van der Waals surface area contributed by atoms with E-state index in [4.69, 9.17) is 21.1 Å². The van der Waals surface area contributed by atoms with Crippen molar-refractivity contribution < 1.29 is 23.8 Å². The highest BCUT2D eigenvalue weighted by molar-refractivity contribution is 6.31. The highest BCUT2D eigenvalue weighted by atomic mass is 35.5. The van der Waals surface area contributed by atoms with Crippen LogP contribution < -0.4 is 14.8 Å². The second-order valence-electron chi connectivity index (χ2n) is 8.77. The highest BCUT2D eigenvalue weighted by Crippen LogP contribution is 2.36. The standard InChI is InChI=1S/C25H29ClFN5O4/c1-31(2)20(13-33)25(34)32-9-7-15(8-10-32)36-22-12-19-16(11-21(22)35-3)24(29-14-28-19)30-18-6-4-5-17(26)23(18)27/h4-6,11-12,14-15,20,33H,7-10,13H2,1-3H3,(H,28,29,30)/t20-/m1/s1. The van der Waals surface area contributed by atoms with Gasteiger partial charge in [0.05, 0.1) is 29.9 Å². The van der Waals surface area contributed by atoms with Crippen molar-refractivity contribution in [3.05, 3.63) is 47.5 Å². The summed E-state index contributed by atoms with van der Waals surface area (Å²) >= 11 is 5.90. The van der Waals surface area contributed by atoms with Gasteiger partial charge in [0.25, 0.3) is 0 Å². The molecule has 0 spiro atoms. The molecule has 1 saturated heterocycles. The molecule has 0 unspecified atom stereocenters. The molecule has 1 fully saturated rings. The van der Waals surface area contributed by atoms with Crippen LogP contribution in [0.1, 0.15) is 12.8 Å². The van der Waals surface area contributed by atoms with Crippen LogP contribution in [0.2, 0.25) is 5.02 Å². The van der Waals surface area contributed by atoms with Gasteiger partial charge in [-0.15, -0.1) is 0 Å². The minimum Gasteiger partial charge on any atom is -0.493 e. The molecule has 1 aliphatic heterocycles. The molecule has 36 heavy (non-hydrogen) atoms. The van der Waals surface area contributed by atoms with E-state index >= 15 is 0 Å². The second-order valence-corrected chi connectivity index (χ2v) is 9.18. The third kappa shape index (κ3) is 5.45. The molecule has 1 atom stereocenters. The van der Waals surface area contributed by atoms with E-state index in [1.165, 1.54) is 12.4 Å². The number of hydrogen-bond acceptors (Lipinski definition) is 8. The predicted octanol–water partition coefficient (Wildman–Crippen LogP) is 3.47. The van der Waals surface area contributed by atoms with Crippen LogP contribution in [-0.2, 0) is 4.79 Å². The van der Waals surface area contributed by atoms with Gasteiger partial charge < -0.3 is 24.8 Å². The molecule has 1 aromatic heterocycles. The number of amides is 1. The number of halogens is 2. The molecule has 11 heteroatoms. The zero-order valence-corrected chi connectivity index (χ0v) is 21.1. The maximum Gasteiger partial charge on any atom is 0.242 e. The summed E-state index contributed by atoms with van der Waals surface area (Å²) in [6.07, 6.45) is 2.55. The minimum atomic E-state index is -0.571. The van der Waals surface area contributed by atoms with Crippen LogP contribution in [0.3, 0.4) is 0 Å². The highest BCUT2D eigenvalue weighted by Gasteiger charge is 2.30. The first-order valence-electron chi connectivity index (χ1n) is 11.6. The molecule has 4 rings (SSSR count). The SMILES string of the molecule is COc1cc2c(Nc3cccc(Cl)c3F)ncnc2cc1OC1CCN(C(=O)[C@@H](CO)N(C)C)CC1. The molecule has 2 N–H and O–H groups in total. The van der Waals surface area contributed by atoms with Gasteiger partial charge in [0.15, 0.2) is 17.3 Å². The van der Waals surface area contributed by atoms with E-state index in [2.05, 4.69) is 15.3 Å². The zero-order chi connectivity index (χ0) is 25.8. The van der Waals surface area contributed by atoms with Crippen LogP contribution in [0, 0.1) is 5.82 Å². The van der Waals surface area contributed by atoms with Crippen LogP contribution in [0.4, 0.5) is 15.9 Å². The van der Waals surface area contributed by atoms with Crippen molar-refractivity contribution in [2.75, 3.05) is 46.2 Å². The predicted molar refractivity (Wildman–Crippen MR) is 136 cm³/mol. The number of carbonyl (C=O) groups is 1. The van der Waals surface area contributed by atoms with Gasteiger partial charge in [0.2, 0.25) is 5.91 Å². The molecule has 1 aliphatic rings. The van der Waals surface area contributed by atoms with Gasteiger partial charge >= 0.3 is 0 Å². The van der Waals surface area contributed by atoms with E-state index in [1.807, 2.05) is 0 Å². The Labute approximate surface area is 213 Å². The summed E-state index contributed by atoms with van der Waals surface area (Å²) in [6, 6.07) is 7.65. The fraction of sp³-hybridized carbons (Fsp3) is 0.400. The lowest BCUT2D eigenvalue weighted by Crippen LogP contribution is -2.51. The number of methoxy groups -OCH3 is 1. The Balaban J connectivity index is 1.51. The molecular weight excluding hydrogens is 489 g/mol. The number of carbonyl (C=O) groups excluding carboxylic acids is 1. The van der Waals surface area contributed by atoms with E-state index in [9.17, 15) is 14.3 Å². The Morgan fingerprint density at radius 2 is 2.03 bits per heavy atom. The van der Waals surface area contributed by atoms with Gasteiger partial charge in [-0.1, -0.05) is 17.7 Å². The number of hydrogen-bond donors (Lipinski definition) is 2. The average molecular weight is 518 g/mol. The quantitative estimate of drug-likeness (QED) is 0.468. The van der Waals surface area contributed by atoms with Crippen LogP contribution >= 0.6 is 11.6 Å². The number of aromatic nitrogens is 2. The van der Waals surface area contributed by atoms with Crippen molar-refractivity contribution in [2.24, 2.45) is 0 Å². The average Bonchev–Trinajstić information content (AvgIpc) is 2.87. The summed E-state index contributed by atoms with van der Waals surface area (Å²) in [5, 5.41) is 13.2. The first-order valence-corrected chi connectivity index (χ1v) is 12.0. The zero-order valence-electron chi connectivity index (χ0n) is 20.4. The van der Waals surface area contributed by atoms with Crippen LogP contribution in [0.25, 0.3) is 10.9 Å². The minimum absolute atomic E-state index is 0.00738. The summed E-state index contributed by atoms with van der Waals surface area (Å²) in [6.45, 7) is 0.843. The molecule has 0 saturated carbocycles. The fourth-order valence-corrected chi connectivity index (χ4v) is 4.36. The molecule has 0 bridgehead atoms. The number of benzene rings is 2. The summed E-state index contributed by atoms with van der Waals surface area (Å²) in [5.74, 6) is 0.751. The van der Waals surface area contributed by atoms with Crippen LogP contribution in [-0.4, -0.2) is 83.8 Å². The number of rotatable bonds is 8. The number of fused-ring (bicyclic) bond motifs is 1. The third-order valence-corrected chi connectivity index (χ3v) is 6.55. The first kappa shape index (κ1) is 25.9. The lowest BCUT2D eigenvalue weighted by atomic mass is 10.1. The summed E-state index contributed by atoms with van der Waals surface area (Å²) in [7, 11) is 5.09. The van der Waals surface area contributed by atoms with E-state index in [-0.39, 0.29) is 29.3 Å². The maximum atomic E-state index is 14.4. The molecule has 3 aromatic rings. The van der Waals surface area contributed by atoms with Crippen molar-refractivity contribution in [3.8, 4) is 11.5 Å². The molecule has 0 radical (unpaired) electrons. The number of likely N-dealkylation sites (N-methyl/N-ethyl adjacent to an activating group) is 1. The van der Waals surface area contributed by atoms with Crippen LogP contribution in [0.15, 0.2) is 36.7 Å². The van der Waals surface area contributed by atoms with E-state index in [0.29, 0.717) is 54.2 Å². The Kier molecular flexibility index (Phi) is 8.07. The van der Waals surface area contributed by atoms with E-state index < -0.39 is 11.9 Å². The van der Waals surface area contributed by atoms with Gasteiger partial charge in [-0.25, -0.2) is 14.4 Å². The Hall–Kier alpha value is -3.21. The van der Waals surface area contributed by atoms with Gasteiger partial charge in [-0.2, -0.15) is 0 Å². The second kappa shape index (κ2) is 11.2. The van der Waals surface area contributed by atoms with Gasteiger partial charge in [-0.05, 0) is 32.3 Å². The summed E-state index contributed by atoms with van der Waals surface area (Å²) in [4.78, 5) is 24.8. The molecule has 2 aromatic carbocycles. The largest absolute Gasteiger partial charge is 0.493 e. The third-order valence-electron chi connectivity index (χ3n) is 6.25. The van der Waals surface area contributed by atoms with Crippen molar-refractivity contribution in [2.45, 2.75) is 25.0 Å². The lowest BCUT2D eigenvalue weighted by molar-refractivity contribution is -0.139. The number of aliphatic hydroxyl groups is 1.